The zero-order chi connectivity index (χ0) is 18.1. The van der Waals surface area contributed by atoms with Crippen LogP contribution in [-0.4, -0.2) is 17.1 Å². The third-order valence-electron chi connectivity index (χ3n) is 4.76. The fraction of sp³-hybridized carbons (Fsp3) is 0.190. The minimum absolute atomic E-state index is 0.0490. The smallest absolute Gasteiger partial charge is 0.257 e. The number of hydrogen-bond acceptors (Lipinski definition) is 3. The maximum atomic E-state index is 12.2. The number of nitrogens with zero attached hydrogens (tertiary/aromatic N) is 1. The molecule has 0 spiro atoms. The summed E-state index contributed by atoms with van der Waals surface area (Å²) in [4.78, 5) is 27.2. The second-order valence-electron chi connectivity index (χ2n) is 6.74. The molecule has 2 N–H and O–H groups in total. The number of pyridine rings is 1. The van der Waals surface area contributed by atoms with E-state index in [0.29, 0.717) is 5.56 Å². The topological polar surface area (TPSA) is 74.3 Å². The molecule has 0 bridgehead atoms. The molecule has 4 rings (SSSR count). The first kappa shape index (κ1) is 16.3. The highest BCUT2D eigenvalue weighted by atomic mass is 16.2. The number of fused-ring (bicyclic) bond motifs is 1. The van der Waals surface area contributed by atoms with Crippen LogP contribution in [0.5, 0.6) is 0 Å². The number of H-pyrrole nitrogens is 1. The van der Waals surface area contributed by atoms with Crippen LogP contribution in [0.15, 0.2) is 64.5 Å². The summed E-state index contributed by atoms with van der Waals surface area (Å²) in [6.07, 6.45) is 2.24. The number of hydrazone groups is 1. The summed E-state index contributed by atoms with van der Waals surface area (Å²) >= 11 is 0. The Morgan fingerprint density at radius 1 is 1.19 bits per heavy atom. The monoisotopic (exact) mass is 345 g/mol. The number of amides is 1. The van der Waals surface area contributed by atoms with E-state index >= 15 is 0 Å². The summed E-state index contributed by atoms with van der Waals surface area (Å²) in [5, 5.41) is 4.91. The minimum Gasteiger partial charge on any atom is -0.321 e. The summed E-state index contributed by atoms with van der Waals surface area (Å²) in [7, 11) is 0. The number of rotatable bonds is 4. The Hall–Kier alpha value is -3.21. The van der Waals surface area contributed by atoms with Crippen molar-refractivity contribution in [2.24, 2.45) is 11.0 Å². The molecule has 5 heteroatoms. The molecule has 2 aromatic carbocycles. The quantitative estimate of drug-likeness (QED) is 0.563. The number of hydrogen-bond donors (Lipinski definition) is 2. The molecule has 1 aromatic heterocycles. The van der Waals surface area contributed by atoms with Gasteiger partial charge in [-0.2, -0.15) is 5.10 Å². The summed E-state index contributed by atoms with van der Waals surface area (Å²) < 4.78 is 0. The molecule has 1 amide bonds. The van der Waals surface area contributed by atoms with E-state index < -0.39 is 0 Å². The van der Waals surface area contributed by atoms with Crippen LogP contribution in [0.25, 0.3) is 10.9 Å². The van der Waals surface area contributed by atoms with Crippen molar-refractivity contribution in [1.82, 2.24) is 10.4 Å². The van der Waals surface area contributed by atoms with Crippen LogP contribution < -0.4 is 11.0 Å². The molecule has 1 aliphatic rings. The standard InChI is InChI=1S/C21H19N3O2/c1-13-7-8-19-15(9-13)10-16(20(25)23-19)12-22-24-21(26)18-11-17(18)14-5-3-2-4-6-14/h2-10,12,17-18H,11H2,1H3,(H,23,25)(H,24,26)/b22-12+. The predicted molar refractivity (Wildman–Crippen MR) is 102 cm³/mol. The summed E-state index contributed by atoms with van der Waals surface area (Å²) in [5.74, 6) is 0.105. The zero-order valence-electron chi connectivity index (χ0n) is 14.4. The lowest BCUT2D eigenvalue weighted by Crippen LogP contribution is -2.21. The highest BCUT2D eigenvalue weighted by Crippen LogP contribution is 2.47. The van der Waals surface area contributed by atoms with Crippen molar-refractivity contribution in [3.63, 3.8) is 0 Å². The van der Waals surface area contributed by atoms with E-state index in [0.717, 1.165) is 22.9 Å². The fourth-order valence-electron chi connectivity index (χ4n) is 3.24. The van der Waals surface area contributed by atoms with E-state index in [4.69, 9.17) is 0 Å². The van der Waals surface area contributed by atoms with E-state index in [1.807, 2.05) is 55.5 Å². The molecule has 2 atom stereocenters. The van der Waals surface area contributed by atoms with E-state index in [2.05, 4.69) is 15.5 Å². The number of aryl methyl sites for hydroxylation is 1. The first-order valence-electron chi connectivity index (χ1n) is 8.63. The highest BCUT2D eigenvalue weighted by Gasteiger charge is 2.43. The molecule has 0 saturated heterocycles. The predicted octanol–water partition coefficient (Wildman–Crippen LogP) is 3.09. The molecule has 3 aromatic rings. The third kappa shape index (κ3) is 3.28. The molecule has 1 heterocycles. The SMILES string of the molecule is Cc1ccc2[nH]c(=O)c(/C=N/NC(=O)C3CC3c3ccccc3)cc2c1. The van der Waals surface area contributed by atoms with Crippen LogP contribution in [0.3, 0.4) is 0 Å². The number of benzene rings is 2. The van der Waals surface area contributed by atoms with Gasteiger partial charge in [0.15, 0.2) is 0 Å². The zero-order valence-corrected chi connectivity index (χ0v) is 14.4. The lowest BCUT2D eigenvalue weighted by Gasteiger charge is -2.02. The molecule has 1 saturated carbocycles. The Labute approximate surface area is 150 Å². The third-order valence-corrected chi connectivity index (χ3v) is 4.76. The van der Waals surface area contributed by atoms with Gasteiger partial charge in [-0.3, -0.25) is 9.59 Å². The average Bonchev–Trinajstić information content (AvgIpc) is 3.44. The van der Waals surface area contributed by atoms with Crippen LogP contribution in [0.2, 0.25) is 0 Å². The first-order valence-corrected chi connectivity index (χ1v) is 8.63. The van der Waals surface area contributed by atoms with Crippen molar-refractivity contribution in [2.75, 3.05) is 0 Å². The second kappa shape index (κ2) is 6.59. The normalized spacial score (nSPS) is 19.0. The van der Waals surface area contributed by atoms with E-state index in [1.165, 1.54) is 11.8 Å². The lowest BCUT2D eigenvalue weighted by molar-refractivity contribution is -0.122. The van der Waals surface area contributed by atoms with Gasteiger partial charge in [0.25, 0.3) is 5.56 Å². The van der Waals surface area contributed by atoms with Gasteiger partial charge in [-0.15, -0.1) is 0 Å². The molecule has 1 aliphatic carbocycles. The van der Waals surface area contributed by atoms with Gasteiger partial charge >= 0.3 is 0 Å². The summed E-state index contributed by atoms with van der Waals surface area (Å²) in [6.45, 7) is 2.00. The Kier molecular flexibility index (Phi) is 4.13. The van der Waals surface area contributed by atoms with Gasteiger partial charge in [-0.25, -0.2) is 5.43 Å². The van der Waals surface area contributed by atoms with Crippen LogP contribution >= 0.6 is 0 Å². The molecular weight excluding hydrogens is 326 g/mol. The molecular formula is C21H19N3O2. The van der Waals surface area contributed by atoms with E-state index in [9.17, 15) is 9.59 Å². The molecule has 1 fully saturated rings. The second-order valence-corrected chi connectivity index (χ2v) is 6.74. The Morgan fingerprint density at radius 2 is 2.00 bits per heavy atom. The Bertz CT molecular complexity index is 1050. The number of carbonyl (C=O) groups is 1. The molecule has 0 radical (unpaired) electrons. The summed E-state index contributed by atoms with van der Waals surface area (Å²) in [6, 6.07) is 17.6. The van der Waals surface area contributed by atoms with Crippen molar-refractivity contribution in [2.45, 2.75) is 19.3 Å². The molecule has 130 valence electrons. The van der Waals surface area contributed by atoms with Gasteiger partial charge in [-0.05, 0) is 48.4 Å². The molecule has 2 unspecified atom stereocenters. The minimum atomic E-state index is -0.229. The average molecular weight is 345 g/mol. The van der Waals surface area contributed by atoms with Crippen LogP contribution in [-0.2, 0) is 4.79 Å². The van der Waals surface area contributed by atoms with Gasteiger partial charge in [0.2, 0.25) is 5.91 Å². The van der Waals surface area contributed by atoms with Crippen molar-refractivity contribution < 1.29 is 4.79 Å². The molecule has 26 heavy (non-hydrogen) atoms. The van der Waals surface area contributed by atoms with Crippen LogP contribution in [0.1, 0.15) is 29.0 Å². The fourth-order valence-corrected chi connectivity index (χ4v) is 3.24. The van der Waals surface area contributed by atoms with E-state index in [1.54, 1.807) is 6.07 Å². The number of aromatic nitrogens is 1. The van der Waals surface area contributed by atoms with Gasteiger partial charge in [0.05, 0.1) is 11.8 Å². The molecule has 5 nitrogen and oxygen atoms in total. The first-order chi connectivity index (χ1) is 12.6. The summed E-state index contributed by atoms with van der Waals surface area (Å²) in [5.41, 5.74) is 5.82. The van der Waals surface area contributed by atoms with Crippen LogP contribution in [0.4, 0.5) is 0 Å². The maximum Gasteiger partial charge on any atom is 0.257 e. The van der Waals surface area contributed by atoms with Gasteiger partial charge < -0.3 is 4.98 Å². The Morgan fingerprint density at radius 3 is 2.81 bits per heavy atom. The van der Waals surface area contributed by atoms with Crippen molar-refractivity contribution in [1.29, 1.82) is 0 Å². The van der Waals surface area contributed by atoms with Crippen molar-refractivity contribution in [3.05, 3.63) is 81.6 Å². The Balaban J connectivity index is 1.44. The van der Waals surface area contributed by atoms with Gasteiger partial charge in [0.1, 0.15) is 0 Å². The number of aromatic amines is 1. The number of carbonyl (C=O) groups excluding carboxylic acids is 1. The largest absolute Gasteiger partial charge is 0.321 e. The van der Waals surface area contributed by atoms with E-state index in [-0.39, 0.29) is 23.3 Å². The van der Waals surface area contributed by atoms with Crippen molar-refractivity contribution in [3.8, 4) is 0 Å². The molecule has 0 aliphatic heterocycles. The van der Waals surface area contributed by atoms with Gasteiger partial charge in [0, 0.05) is 11.4 Å². The lowest BCUT2D eigenvalue weighted by atomic mass is 10.1. The van der Waals surface area contributed by atoms with Crippen molar-refractivity contribution >= 4 is 23.0 Å². The van der Waals surface area contributed by atoms with Crippen LogP contribution in [0, 0.1) is 12.8 Å². The highest BCUT2D eigenvalue weighted by molar-refractivity contribution is 5.89. The van der Waals surface area contributed by atoms with Gasteiger partial charge in [-0.1, -0.05) is 42.0 Å². The number of nitrogens with one attached hydrogen (secondary N) is 2. The maximum absolute atomic E-state index is 12.2.